The first-order valence-corrected chi connectivity index (χ1v) is 8.22. The SMILES string of the molecule is C.C.CC(C)OCCCOC(C)C.CC(C)OCCOC(C)C. The van der Waals surface area contributed by atoms with Crippen molar-refractivity contribution in [1.29, 1.82) is 0 Å². The lowest BCUT2D eigenvalue weighted by Gasteiger charge is -2.09. The fourth-order valence-electron chi connectivity index (χ4n) is 1.26. The fourth-order valence-corrected chi connectivity index (χ4v) is 1.26. The van der Waals surface area contributed by atoms with Crippen LogP contribution in [0.5, 0.6) is 0 Å². The van der Waals surface area contributed by atoms with E-state index in [4.69, 9.17) is 18.9 Å². The molecule has 4 nitrogen and oxygen atoms in total. The highest BCUT2D eigenvalue weighted by Crippen LogP contribution is 1.93. The van der Waals surface area contributed by atoms with Gasteiger partial charge in [0.1, 0.15) is 0 Å². The number of hydrogen-bond acceptors (Lipinski definition) is 4. The lowest BCUT2D eigenvalue weighted by Crippen LogP contribution is -2.12. The zero-order valence-corrected chi connectivity index (χ0v) is 15.5. The largest absolute Gasteiger partial charge is 0.379 e. The van der Waals surface area contributed by atoms with Crippen LogP contribution >= 0.6 is 0 Å². The summed E-state index contributed by atoms with van der Waals surface area (Å²) in [6, 6.07) is 0. The predicted molar refractivity (Wildman–Crippen MR) is 102 cm³/mol. The minimum atomic E-state index is 0. The average molecular weight is 339 g/mol. The van der Waals surface area contributed by atoms with Crippen LogP contribution in [0.15, 0.2) is 0 Å². The van der Waals surface area contributed by atoms with E-state index in [0.29, 0.717) is 37.6 Å². The summed E-state index contributed by atoms with van der Waals surface area (Å²) in [7, 11) is 0. The van der Waals surface area contributed by atoms with E-state index in [1.54, 1.807) is 0 Å². The van der Waals surface area contributed by atoms with Crippen LogP contribution in [0.2, 0.25) is 0 Å². The molecule has 0 aliphatic heterocycles. The second kappa shape index (κ2) is 21.8. The number of ether oxygens (including phenoxy) is 4. The molecule has 0 saturated heterocycles. The highest BCUT2D eigenvalue weighted by atomic mass is 16.5. The Morgan fingerprint density at radius 2 is 0.652 bits per heavy atom. The van der Waals surface area contributed by atoms with Crippen LogP contribution in [0.25, 0.3) is 0 Å². The van der Waals surface area contributed by atoms with Crippen LogP contribution in [0.3, 0.4) is 0 Å². The Hall–Kier alpha value is -0.160. The van der Waals surface area contributed by atoms with Gasteiger partial charge in [-0.05, 0) is 61.8 Å². The third-order valence-corrected chi connectivity index (χ3v) is 2.18. The standard InChI is InChI=1S/C9H20O2.C8H18O2.2CH4/c1-8(2)10-6-5-7-11-9(3)4;1-7(2)9-5-6-10-8(3)4;;/h8-9H,5-7H2,1-4H3;7-8H,5-6H2,1-4H3;2*1H4. The summed E-state index contributed by atoms with van der Waals surface area (Å²) in [4.78, 5) is 0. The Bertz CT molecular complexity index is 172. The molecule has 0 bridgehead atoms. The van der Waals surface area contributed by atoms with Crippen molar-refractivity contribution in [3.8, 4) is 0 Å². The van der Waals surface area contributed by atoms with Gasteiger partial charge >= 0.3 is 0 Å². The molecular weight excluding hydrogens is 292 g/mol. The summed E-state index contributed by atoms with van der Waals surface area (Å²) in [6.07, 6.45) is 2.31. The minimum Gasteiger partial charge on any atom is -0.379 e. The summed E-state index contributed by atoms with van der Waals surface area (Å²) < 4.78 is 21.2. The van der Waals surface area contributed by atoms with Gasteiger partial charge in [-0.3, -0.25) is 0 Å². The molecule has 0 aromatic rings. The Kier molecular flexibility index (Phi) is 29.1. The maximum absolute atomic E-state index is 5.34. The minimum absolute atomic E-state index is 0. The van der Waals surface area contributed by atoms with Gasteiger partial charge in [-0.1, -0.05) is 14.9 Å². The van der Waals surface area contributed by atoms with Crippen LogP contribution in [0, 0.1) is 0 Å². The van der Waals surface area contributed by atoms with E-state index in [9.17, 15) is 0 Å². The van der Waals surface area contributed by atoms with Crippen molar-refractivity contribution in [1.82, 2.24) is 0 Å². The van der Waals surface area contributed by atoms with Gasteiger partial charge in [0, 0.05) is 13.2 Å². The molecule has 0 saturated carbocycles. The van der Waals surface area contributed by atoms with Gasteiger partial charge in [-0.25, -0.2) is 0 Å². The van der Waals surface area contributed by atoms with Crippen molar-refractivity contribution < 1.29 is 18.9 Å². The summed E-state index contributed by atoms with van der Waals surface area (Å²) >= 11 is 0. The second-order valence-corrected chi connectivity index (χ2v) is 6.03. The van der Waals surface area contributed by atoms with Crippen molar-refractivity contribution in [2.24, 2.45) is 0 Å². The average Bonchev–Trinajstić information content (AvgIpc) is 2.34. The molecule has 0 aliphatic carbocycles. The predicted octanol–water partition coefficient (Wildman–Crippen LogP) is 5.34. The molecule has 4 heteroatoms. The molecule has 0 rings (SSSR count). The molecule has 0 aromatic heterocycles. The Morgan fingerprint density at radius 3 is 0.870 bits per heavy atom. The first-order valence-electron chi connectivity index (χ1n) is 8.22. The van der Waals surface area contributed by atoms with E-state index in [2.05, 4.69) is 0 Å². The highest BCUT2D eigenvalue weighted by Gasteiger charge is 1.95. The molecule has 0 spiro atoms. The van der Waals surface area contributed by atoms with E-state index in [-0.39, 0.29) is 14.9 Å². The van der Waals surface area contributed by atoms with Gasteiger partial charge in [0.2, 0.25) is 0 Å². The van der Waals surface area contributed by atoms with Crippen LogP contribution in [0.4, 0.5) is 0 Å². The summed E-state index contributed by atoms with van der Waals surface area (Å²) in [5.74, 6) is 0. The van der Waals surface area contributed by atoms with Crippen LogP contribution in [-0.2, 0) is 18.9 Å². The summed E-state index contributed by atoms with van der Waals surface area (Å²) in [6.45, 7) is 19.3. The highest BCUT2D eigenvalue weighted by molar-refractivity contribution is 4.41. The third kappa shape index (κ3) is 39.0. The maximum atomic E-state index is 5.34. The van der Waals surface area contributed by atoms with E-state index in [0.717, 1.165) is 19.6 Å². The van der Waals surface area contributed by atoms with E-state index >= 15 is 0 Å². The third-order valence-electron chi connectivity index (χ3n) is 2.18. The summed E-state index contributed by atoms with van der Waals surface area (Å²) in [5, 5.41) is 0. The van der Waals surface area contributed by atoms with Crippen LogP contribution in [-0.4, -0.2) is 50.8 Å². The number of rotatable bonds is 11. The zero-order valence-electron chi connectivity index (χ0n) is 15.5. The van der Waals surface area contributed by atoms with Gasteiger partial charge in [0.15, 0.2) is 0 Å². The molecule has 0 aromatic carbocycles. The molecule has 146 valence electrons. The molecule has 0 heterocycles. The first kappa shape index (κ1) is 30.7. The van der Waals surface area contributed by atoms with Gasteiger partial charge in [0.05, 0.1) is 37.6 Å². The molecule has 0 fully saturated rings. The first-order chi connectivity index (χ1) is 9.75. The second-order valence-electron chi connectivity index (χ2n) is 6.03. The van der Waals surface area contributed by atoms with Crippen LogP contribution in [0.1, 0.15) is 76.7 Å². The number of hydrogen-bond donors (Lipinski definition) is 0. The van der Waals surface area contributed by atoms with Crippen molar-refractivity contribution in [2.75, 3.05) is 26.4 Å². The summed E-state index contributed by atoms with van der Waals surface area (Å²) in [5.41, 5.74) is 0. The zero-order chi connectivity index (χ0) is 16.7. The smallest absolute Gasteiger partial charge is 0.0704 e. The monoisotopic (exact) mass is 338 g/mol. The van der Waals surface area contributed by atoms with E-state index in [1.807, 2.05) is 55.4 Å². The van der Waals surface area contributed by atoms with E-state index < -0.39 is 0 Å². The fraction of sp³-hybridized carbons (Fsp3) is 1.00. The molecule has 0 unspecified atom stereocenters. The lowest BCUT2D eigenvalue weighted by molar-refractivity contribution is -0.00108. The molecule has 0 aliphatic rings. The van der Waals surface area contributed by atoms with Gasteiger partial charge in [0.25, 0.3) is 0 Å². The molecule has 23 heavy (non-hydrogen) atoms. The van der Waals surface area contributed by atoms with Crippen LogP contribution < -0.4 is 0 Å². The topological polar surface area (TPSA) is 36.9 Å². The normalized spacial score (nSPS) is 10.4. The van der Waals surface area contributed by atoms with Crippen molar-refractivity contribution in [3.63, 3.8) is 0 Å². The quantitative estimate of drug-likeness (QED) is 0.477. The molecule has 0 atom stereocenters. The van der Waals surface area contributed by atoms with Gasteiger partial charge in [-0.2, -0.15) is 0 Å². The van der Waals surface area contributed by atoms with Gasteiger partial charge in [-0.15, -0.1) is 0 Å². The maximum Gasteiger partial charge on any atom is 0.0704 e. The Balaban J connectivity index is -0.000000145. The van der Waals surface area contributed by atoms with Crippen molar-refractivity contribution >= 4 is 0 Å². The molecular formula is C19H46O4. The lowest BCUT2D eigenvalue weighted by atomic mass is 10.4. The van der Waals surface area contributed by atoms with E-state index in [1.165, 1.54) is 0 Å². The van der Waals surface area contributed by atoms with Crippen molar-refractivity contribution in [2.45, 2.75) is 101 Å². The Morgan fingerprint density at radius 1 is 0.435 bits per heavy atom. The van der Waals surface area contributed by atoms with Crippen molar-refractivity contribution in [3.05, 3.63) is 0 Å². The molecule has 0 amide bonds. The Labute approximate surface area is 147 Å². The van der Waals surface area contributed by atoms with Gasteiger partial charge < -0.3 is 18.9 Å². The molecule has 0 radical (unpaired) electrons. The molecule has 0 N–H and O–H groups in total.